The molecule has 0 radical (unpaired) electrons. The van der Waals surface area contributed by atoms with Gasteiger partial charge < -0.3 is 5.11 Å². The topological polar surface area (TPSA) is 103 Å². The molecule has 0 fully saturated rings. The summed E-state index contributed by atoms with van der Waals surface area (Å²) in [6, 6.07) is 0. The van der Waals surface area contributed by atoms with E-state index in [0.717, 1.165) is 4.31 Å². The first-order chi connectivity index (χ1) is 8.86. The van der Waals surface area contributed by atoms with Crippen LogP contribution in [0.25, 0.3) is 0 Å². The van der Waals surface area contributed by atoms with Gasteiger partial charge in [0.1, 0.15) is 5.56 Å². The van der Waals surface area contributed by atoms with Crippen molar-refractivity contribution in [1.29, 1.82) is 0 Å². The molecule has 0 aliphatic carbocycles. The van der Waals surface area contributed by atoms with Crippen LogP contribution in [0, 0.1) is 6.92 Å². The van der Waals surface area contributed by atoms with Crippen LogP contribution in [0.4, 0.5) is 0 Å². The minimum Gasteiger partial charge on any atom is -0.478 e. The van der Waals surface area contributed by atoms with Crippen LogP contribution in [-0.2, 0) is 10.0 Å². The van der Waals surface area contributed by atoms with Crippen molar-refractivity contribution in [2.75, 3.05) is 13.1 Å². The van der Waals surface area contributed by atoms with Crippen LogP contribution >= 0.6 is 0 Å². The van der Waals surface area contributed by atoms with E-state index < -0.39 is 21.0 Å². The molecule has 0 bridgehead atoms. The van der Waals surface area contributed by atoms with Crippen LogP contribution < -0.4 is 0 Å². The average molecular weight is 285 g/mol. The van der Waals surface area contributed by atoms with Gasteiger partial charge in [-0.1, -0.05) is 12.2 Å². The zero-order valence-electron chi connectivity index (χ0n) is 10.5. The third-order valence-corrected chi connectivity index (χ3v) is 4.14. The maximum atomic E-state index is 12.3. The number of aromatic amines is 1. The highest BCUT2D eigenvalue weighted by atomic mass is 32.2. The fourth-order valence-electron chi connectivity index (χ4n) is 1.53. The van der Waals surface area contributed by atoms with Crippen LogP contribution in [0.2, 0.25) is 0 Å². The van der Waals surface area contributed by atoms with Crippen molar-refractivity contribution in [3.63, 3.8) is 0 Å². The van der Waals surface area contributed by atoms with Gasteiger partial charge in [0.15, 0.2) is 0 Å². The Hall–Kier alpha value is -1.93. The first kappa shape index (κ1) is 15.1. The van der Waals surface area contributed by atoms with Crippen molar-refractivity contribution in [2.45, 2.75) is 11.9 Å². The molecule has 1 aromatic rings. The van der Waals surface area contributed by atoms with Crippen molar-refractivity contribution in [3.05, 3.63) is 36.6 Å². The second kappa shape index (κ2) is 5.81. The lowest BCUT2D eigenvalue weighted by Crippen LogP contribution is -2.32. The molecule has 104 valence electrons. The molecule has 7 nitrogen and oxygen atoms in total. The Labute approximate surface area is 111 Å². The van der Waals surface area contributed by atoms with Crippen LogP contribution in [0.1, 0.15) is 16.1 Å². The molecule has 1 aromatic heterocycles. The number of carboxylic acid groups (broad SMARTS) is 1. The number of carboxylic acids is 1. The van der Waals surface area contributed by atoms with Crippen LogP contribution in [0.5, 0.6) is 0 Å². The lowest BCUT2D eigenvalue weighted by atomic mass is 10.3. The Morgan fingerprint density at radius 3 is 2.37 bits per heavy atom. The van der Waals surface area contributed by atoms with E-state index in [0.29, 0.717) is 0 Å². The molecule has 0 aliphatic heterocycles. The van der Waals surface area contributed by atoms with Gasteiger partial charge in [0.05, 0.1) is 0 Å². The van der Waals surface area contributed by atoms with E-state index in [9.17, 15) is 13.2 Å². The fourth-order valence-corrected chi connectivity index (χ4v) is 3.03. The third-order valence-electron chi connectivity index (χ3n) is 2.38. The van der Waals surface area contributed by atoms with Gasteiger partial charge in [-0.25, -0.2) is 13.2 Å². The number of nitrogens with one attached hydrogen (secondary N) is 1. The van der Waals surface area contributed by atoms with E-state index in [1.807, 2.05) is 0 Å². The predicted octanol–water partition coefficient (Wildman–Crippen LogP) is 0.779. The number of aromatic carboxylic acids is 1. The van der Waals surface area contributed by atoms with Gasteiger partial charge in [0, 0.05) is 18.8 Å². The summed E-state index contributed by atoms with van der Waals surface area (Å²) in [6.45, 7) is 8.46. The molecular formula is C11H15N3O4S. The summed E-state index contributed by atoms with van der Waals surface area (Å²) in [5, 5.41) is 14.5. The molecule has 0 atom stereocenters. The van der Waals surface area contributed by atoms with Gasteiger partial charge in [0.25, 0.3) is 10.0 Å². The van der Waals surface area contributed by atoms with E-state index in [-0.39, 0.29) is 24.3 Å². The second-order valence-electron chi connectivity index (χ2n) is 3.73. The first-order valence-corrected chi connectivity index (χ1v) is 6.80. The zero-order valence-corrected chi connectivity index (χ0v) is 11.3. The molecule has 0 saturated carbocycles. The highest BCUT2D eigenvalue weighted by Gasteiger charge is 2.32. The second-order valence-corrected chi connectivity index (χ2v) is 5.59. The summed E-state index contributed by atoms with van der Waals surface area (Å²) in [6.07, 6.45) is 2.81. The van der Waals surface area contributed by atoms with Gasteiger partial charge in [-0.3, -0.25) is 5.10 Å². The monoisotopic (exact) mass is 285 g/mol. The fraction of sp³-hybridized carbons (Fsp3) is 0.273. The number of aromatic nitrogens is 2. The maximum absolute atomic E-state index is 12.3. The lowest BCUT2D eigenvalue weighted by molar-refractivity contribution is 0.0691. The zero-order chi connectivity index (χ0) is 14.6. The van der Waals surface area contributed by atoms with Gasteiger partial charge in [-0.05, 0) is 6.92 Å². The van der Waals surface area contributed by atoms with Gasteiger partial charge in [-0.15, -0.1) is 13.2 Å². The van der Waals surface area contributed by atoms with Crippen molar-refractivity contribution >= 4 is 16.0 Å². The molecular weight excluding hydrogens is 270 g/mol. The Balaban J connectivity index is 3.37. The maximum Gasteiger partial charge on any atom is 0.340 e. The summed E-state index contributed by atoms with van der Waals surface area (Å²) in [5.74, 6) is -1.35. The third kappa shape index (κ3) is 2.91. The first-order valence-electron chi connectivity index (χ1n) is 5.36. The Kier molecular flexibility index (Phi) is 4.62. The van der Waals surface area contributed by atoms with E-state index in [4.69, 9.17) is 5.11 Å². The molecule has 0 unspecified atom stereocenters. The Bertz CT molecular complexity index is 593. The number of H-pyrrole nitrogens is 1. The molecule has 0 aromatic carbocycles. The SMILES string of the molecule is C=CCN(CC=C)S(=O)(=O)c1n[nH]c(C)c1C(=O)O. The molecule has 1 heterocycles. The quantitative estimate of drug-likeness (QED) is 0.720. The molecule has 0 aliphatic rings. The van der Waals surface area contributed by atoms with E-state index >= 15 is 0 Å². The molecule has 0 saturated heterocycles. The van der Waals surface area contributed by atoms with Crippen molar-refractivity contribution in [1.82, 2.24) is 14.5 Å². The minimum atomic E-state index is -4.01. The Morgan fingerprint density at radius 2 is 1.95 bits per heavy atom. The Morgan fingerprint density at radius 1 is 1.42 bits per heavy atom. The van der Waals surface area contributed by atoms with E-state index in [1.54, 1.807) is 0 Å². The number of hydrogen-bond donors (Lipinski definition) is 2. The van der Waals surface area contributed by atoms with Gasteiger partial charge in [-0.2, -0.15) is 9.40 Å². The lowest BCUT2D eigenvalue weighted by Gasteiger charge is -2.17. The number of nitrogens with zero attached hydrogens (tertiary/aromatic N) is 2. The average Bonchev–Trinajstić information content (AvgIpc) is 2.71. The van der Waals surface area contributed by atoms with Crippen LogP contribution in [-0.4, -0.2) is 47.1 Å². The molecule has 2 N–H and O–H groups in total. The summed E-state index contributed by atoms with van der Waals surface area (Å²) in [7, 11) is -4.01. The van der Waals surface area contributed by atoms with Crippen LogP contribution in [0.3, 0.4) is 0 Å². The summed E-state index contributed by atoms with van der Waals surface area (Å²) >= 11 is 0. The molecule has 0 spiro atoms. The highest BCUT2D eigenvalue weighted by molar-refractivity contribution is 7.89. The van der Waals surface area contributed by atoms with Gasteiger partial charge in [0.2, 0.25) is 5.03 Å². The molecule has 19 heavy (non-hydrogen) atoms. The number of carbonyl (C=O) groups is 1. The standard InChI is InChI=1S/C11H15N3O4S/c1-4-6-14(7-5-2)19(17,18)10-9(11(15)16)8(3)12-13-10/h4-5H,1-2,6-7H2,3H3,(H,12,13)(H,15,16). The largest absolute Gasteiger partial charge is 0.478 e. The van der Waals surface area contributed by atoms with E-state index in [2.05, 4.69) is 23.4 Å². The van der Waals surface area contributed by atoms with Crippen molar-refractivity contribution < 1.29 is 18.3 Å². The molecule has 1 rings (SSSR count). The van der Waals surface area contributed by atoms with Crippen molar-refractivity contribution in [3.8, 4) is 0 Å². The summed E-state index contributed by atoms with van der Waals surface area (Å²) in [5.41, 5.74) is -0.165. The van der Waals surface area contributed by atoms with Crippen LogP contribution in [0.15, 0.2) is 30.3 Å². The number of aryl methyl sites for hydroxylation is 1. The number of rotatable bonds is 7. The van der Waals surface area contributed by atoms with Crippen molar-refractivity contribution in [2.24, 2.45) is 0 Å². The minimum absolute atomic E-state index is 0.0410. The molecule has 8 heteroatoms. The smallest absolute Gasteiger partial charge is 0.340 e. The number of hydrogen-bond acceptors (Lipinski definition) is 4. The molecule has 0 amide bonds. The highest BCUT2D eigenvalue weighted by Crippen LogP contribution is 2.20. The summed E-state index contributed by atoms with van der Waals surface area (Å²) in [4.78, 5) is 11.1. The predicted molar refractivity (Wildman–Crippen MR) is 69.4 cm³/mol. The summed E-state index contributed by atoms with van der Waals surface area (Å²) < 4.78 is 25.7. The number of sulfonamides is 1. The normalized spacial score (nSPS) is 11.5. The van der Waals surface area contributed by atoms with E-state index in [1.165, 1.54) is 19.1 Å². The van der Waals surface area contributed by atoms with Gasteiger partial charge >= 0.3 is 5.97 Å².